The Morgan fingerprint density at radius 3 is 0.976 bits per heavy atom. The molecule has 17 heteroatoms. The van der Waals surface area contributed by atoms with Crippen molar-refractivity contribution in [2.45, 2.75) is 221 Å². The Morgan fingerprint density at radius 1 is 0.310 bits per heavy atom. The fourth-order valence-corrected chi connectivity index (χ4v) is 14.7. The van der Waals surface area contributed by atoms with Crippen LogP contribution in [0.5, 0.6) is 0 Å². The van der Waals surface area contributed by atoms with E-state index in [1.54, 1.807) is 27.7 Å². The van der Waals surface area contributed by atoms with Crippen LogP contribution in [0, 0.1) is 96.3 Å². The summed E-state index contributed by atoms with van der Waals surface area (Å²) in [5, 5.41) is 56.0. The zero-order chi connectivity index (χ0) is 89.6. The number of pyridine rings is 2. The van der Waals surface area contributed by atoms with Gasteiger partial charge in [0.25, 0.3) is 0 Å². The number of rotatable bonds is 16. The van der Waals surface area contributed by atoms with Gasteiger partial charge in [-0.1, -0.05) is 235 Å². The molecule has 0 fully saturated rings. The van der Waals surface area contributed by atoms with E-state index in [4.69, 9.17) is 45.3 Å². The van der Waals surface area contributed by atoms with Crippen molar-refractivity contribution in [3.8, 4) is 67.3 Å². The Balaban J connectivity index is 0.000000236. The number of para-hydroxylation sites is 6. The Kier molecular flexibility index (Phi) is 41.3. The number of hydrogen-bond donors (Lipinski definition) is 6. The van der Waals surface area contributed by atoms with E-state index >= 15 is 0 Å². The van der Waals surface area contributed by atoms with E-state index in [-0.39, 0.29) is 95.6 Å². The SMILES string of the molecule is CC(C)(C)C(O)CC(O)C(C)(C)C.CC(O)CC(C)O.CC(O)CC(C)O.Cc1[c-]c(-c2nc3ccccc3nc2-c2cc(C)cc(C)c2)cc(C)c1.Cc1[c-]c(-c2nc3ccccc3nc2C)cc(C)c1.Cc1nc2ccccc2nc1-c1[c-]c(CC(C)C)cc(CC(C)C)c1.[Ir].[Ir].[Ir].c1ccc(-c2ccnc3c2ccc2c(-c4ccccc4)ccnc23)cc1. The summed E-state index contributed by atoms with van der Waals surface area (Å²) in [5.74, 6) is 1.24. The van der Waals surface area contributed by atoms with Gasteiger partial charge in [0.05, 0.1) is 86.5 Å². The van der Waals surface area contributed by atoms with Gasteiger partial charge >= 0.3 is 0 Å². The molecule has 0 aliphatic carbocycles. The maximum atomic E-state index is 9.76. The molecule has 15 rings (SSSR count). The fraction of sp³-hybridized carbons (Fsp3) is 0.339. The van der Waals surface area contributed by atoms with Gasteiger partial charge in [-0.3, -0.25) is 39.9 Å². The van der Waals surface area contributed by atoms with Crippen LogP contribution in [0.25, 0.3) is 122 Å². The van der Waals surface area contributed by atoms with E-state index in [1.807, 2.05) is 153 Å². The van der Waals surface area contributed by atoms with E-state index in [1.165, 1.54) is 55.6 Å². The maximum absolute atomic E-state index is 9.76. The number of aromatic nitrogens is 8. The number of benzene rings is 10. The minimum absolute atomic E-state index is 0. The Hall–Kier alpha value is -9.25. The van der Waals surface area contributed by atoms with Crippen molar-refractivity contribution in [3.05, 3.63) is 299 Å². The molecule has 0 aliphatic rings. The zero-order valence-electron chi connectivity index (χ0n) is 77.3. The van der Waals surface area contributed by atoms with Crippen molar-refractivity contribution < 1.29 is 91.0 Å². The summed E-state index contributed by atoms with van der Waals surface area (Å²) in [4.78, 5) is 38.3. The Morgan fingerprint density at radius 2 is 0.635 bits per heavy atom. The molecular weight excluding hydrogens is 2090 g/mol. The molecule has 0 aliphatic heterocycles. The van der Waals surface area contributed by atoms with Crippen LogP contribution in [0.4, 0.5) is 0 Å². The third-order valence-electron chi connectivity index (χ3n) is 20.5. The average molecular weight is 2220 g/mol. The number of hydrogen-bond acceptors (Lipinski definition) is 14. The third kappa shape index (κ3) is 31.6. The van der Waals surface area contributed by atoms with Gasteiger partial charge in [-0.25, -0.2) is 0 Å². The van der Waals surface area contributed by atoms with E-state index in [2.05, 4.69) is 230 Å². The molecule has 0 spiro atoms. The van der Waals surface area contributed by atoms with Crippen LogP contribution in [0.2, 0.25) is 0 Å². The van der Waals surface area contributed by atoms with Crippen molar-refractivity contribution in [3.63, 3.8) is 0 Å². The van der Waals surface area contributed by atoms with Crippen LogP contribution >= 0.6 is 0 Å². The molecule has 5 aromatic heterocycles. The standard InChI is InChI=1S/C24H16N2.C24H21N2.C23H27N2.C17H15N2.C11H24O2.2C5H12O2.3Ir/c1-3-7-17(8-4-1)19-13-15-25-23-21(19)11-12-22-20(14-16-26-24(22)23)18-9-5-2-6-10-18;1-15-9-16(2)12-19(11-15)23-24(20-13-17(3)10-18(4)14-20)26-22-8-6-5-7-21(22)25-23;1-15(2)10-18-12-19(11-16(3)4)14-20(13-18)23-17(5)24-21-8-6-7-9-22(21)25-23;1-11-8-12(2)10-14(9-11)17-13(3)18-15-6-4-5-7-16(15)19-17;1-10(2,3)8(12)7-9(13)11(4,5)6;2*1-4(6)3-5(2)7;;;/h1-16H;5-13H,1-4H3;6-9,12-13,15-16H,10-11H2,1-5H3;4-9H,1-3H3;8-9,12-13H,7H2,1-6H3;2*4-7H,3H2,1-2H3;;;/q;3*-1;;;;;;. The largest absolute Gasteiger partial charge is 0.393 e. The molecule has 10 aromatic carbocycles. The first kappa shape index (κ1) is 106. The summed E-state index contributed by atoms with van der Waals surface area (Å²) in [6.45, 7) is 44.2. The van der Waals surface area contributed by atoms with Crippen molar-refractivity contribution in [1.29, 1.82) is 0 Å². The van der Waals surface area contributed by atoms with E-state index in [0.29, 0.717) is 31.1 Å². The summed E-state index contributed by atoms with van der Waals surface area (Å²) >= 11 is 0. The predicted molar refractivity (Wildman–Crippen MR) is 511 cm³/mol. The van der Waals surface area contributed by atoms with Gasteiger partial charge in [0.15, 0.2) is 0 Å². The van der Waals surface area contributed by atoms with Crippen LogP contribution in [0.15, 0.2) is 225 Å². The minimum Gasteiger partial charge on any atom is -0.393 e. The third-order valence-corrected chi connectivity index (χ3v) is 20.5. The molecule has 14 nitrogen and oxygen atoms in total. The topological polar surface area (TPSA) is 224 Å². The van der Waals surface area contributed by atoms with Crippen LogP contribution in [0.3, 0.4) is 0 Å². The van der Waals surface area contributed by atoms with Crippen molar-refractivity contribution >= 4 is 54.9 Å². The molecule has 0 saturated carbocycles. The summed E-state index contributed by atoms with van der Waals surface area (Å²) < 4.78 is 0. The summed E-state index contributed by atoms with van der Waals surface area (Å²) in [5.41, 5.74) is 31.5. The van der Waals surface area contributed by atoms with Gasteiger partial charge < -0.3 is 30.6 Å². The molecular formula is C109H127Ir3N8O6-3. The maximum Gasteiger partial charge on any atom is 0.0970 e. The summed E-state index contributed by atoms with van der Waals surface area (Å²) in [7, 11) is 0. The first-order chi connectivity index (χ1) is 58.3. The van der Waals surface area contributed by atoms with E-state index < -0.39 is 12.2 Å². The normalized spacial score (nSPS) is 12.5. The van der Waals surface area contributed by atoms with Crippen molar-refractivity contribution in [2.24, 2.45) is 22.7 Å². The average Bonchev–Trinajstić information content (AvgIpc) is 0.727. The monoisotopic (exact) mass is 2220 g/mol. The Bertz CT molecular complexity index is 5650. The molecule has 669 valence electrons. The van der Waals surface area contributed by atoms with Gasteiger partial charge in [0.2, 0.25) is 0 Å². The predicted octanol–water partition coefficient (Wildman–Crippen LogP) is 24.4. The summed E-state index contributed by atoms with van der Waals surface area (Å²) in [6, 6.07) is 83.4. The van der Waals surface area contributed by atoms with Gasteiger partial charge in [-0.05, 0) is 180 Å². The molecule has 6 unspecified atom stereocenters. The number of aryl methyl sites for hydroxylation is 8. The molecule has 5 heterocycles. The Labute approximate surface area is 789 Å². The quantitative estimate of drug-likeness (QED) is 0.0391. The first-order valence-electron chi connectivity index (χ1n) is 43.0. The molecule has 0 amide bonds. The molecule has 6 N–H and O–H groups in total. The van der Waals surface area contributed by atoms with Crippen molar-refractivity contribution in [2.75, 3.05) is 0 Å². The zero-order valence-corrected chi connectivity index (χ0v) is 84.5. The smallest absolute Gasteiger partial charge is 0.0970 e. The van der Waals surface area contributed by atoms with Gasteiger partial charge in [0.1, 0.15) is 0 Å². The second kappa shape index (κ2) is 49.3. The van der Waals surface area contributed by atoms with Gasteiger partial charge in [0, 0.05) is 118 Å². The number of aliphatic hydroxyl groups is 6. The molecule has 126 heavy (non-hydrogen) atoms. The van der Waals surface area contributed by atoms with Crippen LogP contribution in [-0.4, -0.2) is 107 Å². The minimum atomic E-state index is -0.443. The molecule has 6 atom stereocenters. The number of nitrogens with zero attached hydrogens (tertiary/aromatic N) is 8. The molecule has 0 saturated heterocycles. The number of aliphatic hydroxyl groups excluding tert-OH is 6. The van der Waals surface area contributed by atoms with Gasteiger partial charge in [-0.15, -0.1) is 105 Å². The van der Waals surface area contributed by atoms with E-state index in [0.717, 1.165) is 135 Å². The summed E-state index contributed by atoms with van der Waals surface area (Å²) in [6.07, 6.45) is 4.88. The van der Waals surface area contributed by atoms with Crippen molar-refractivity contribution in [1.82, 2.24) is 39.9 Å². The number of fused-ring (bicyclic) bond motifs is 6. The van der Waals surface area contributed by atoms with Crippen LogP contribution in [-0.2, 0) is 73.2 Å². The van der Waals surface area contributed by atoms with Gasteiger partial charge in [-0.2, -0.15) is 0 Å². The van der Waals surface area contributed by atoms with Crippen LogP contribution in [0.1, 0.15) is 172 Å². The molecule has 0 bridgehead atoms. The van der Waals surface area contributed by atoms with E-state index in [9.17, 15) is 10.2 Å². The second-order valence-electron chi connectivity index (χ2n) is 35.9. The first-order valence-corrected chi connectivity index (χ1v) is 43.0. The van der Waals surface area contributed by atoms with Crippen LogP contribution < -0.4 is 0 Å². The molecule has 3 radical (unpaired) electrons. The second-order valence-corrected chi connectivity index (χ2v) is 35.9. The fourth-order valence-electron chi connectivity index (χ4n) is 14.7. The molecule has 15 aromatic rings.